The van der Waals surface area contributed by atoms with Gasteiger partial charge >= 0.3 is 0 Å². The highest BCUT2D eigenvalue weighted by Crippen LogP contribution is 2.28. The molecule has 7 nitrogen and oxygen atoms in total. The molecule has 2 aromatic rings. The second-order valence-corrected chi connectivity index (χ2v) is 5.84. The molecule has 25 heavy (non-hydrogen) atoms. The molecular weight excluding hydrogens is 320 g/mol. The maximum Gasteiger partial charge on any atom is 0.274 e. The van der Waals surface area contributed by atoms with E-state index < -0.39 is 0 Å². The average Bonchev–Trinajstić information content (AvgIpc) is 2.67. The standard InChI is InChI=1S/C18H20N4O3/c1-13(23)21-9-10-22(18(24)16-11-19-7-8-20-16)17(12-21)14-3-5-15(25-2)6-4-14/h3-8,11,17H,9-10,12H2,1-2H3. The monoisotopic (exact) mass is 340 g/mol. The number of carbonyl (C=O) groups is 2. The number of methoxy groups -OCH3 is 1. The van der Waals surface area contributed by atoms with Gasteiger partial charge in [0, 0.05) is 39.0 Å². The molecule has 2 amide bonds. The SMILES string of the molecule is COc1ccc(C2CN(C(C)=O)CCN2C(=O)c2cnccn2)cc1. The maximum absolute atomic E-state index is 12.9. The van der Waals surface area contributed by atoms with Crippen LogP contribution in [0.15, 0.2) is 42.9 Å². The van der Waals surface area contributed by atoms with Gasteiger partial charge in [0.1, 0.15) is 11.4 Å². The van der Waals surface area contributed by atoms with Crippen molar-refractivity contribution in [1.82, 2.24) is 19.8 Å². The third-order valence-electron chi connectivity index (χ3n) is 4.37. The van der Waals surface area contributed by atoms with Crippen molar-refractivity contribution in [3.05, 3.63) is 54.1 Å². The smallest absolute Gasteiger partial charge is 0.274 e. The van der Waals surface area contributed by atoms with Crippen molar-refractivity contribution in [3.8, 4) is 5.75 Å². The van der Waals surface area contributed by atoms with Gasteiger partial charge in [0.15, 0.2) is 0 Å². The zero-order valence-electron chi connectivity index (χ0n) is 14.3. The third kappa shape index (κ3) is 3.60. The minimum atomic E-state index is -0.238. The van der Waals surface area contributed by atoms with Crippen LogP contribution in [0.5, 0.6) is 5.75 Å². The molecule has 1 fully saturated rings. The molecule has 7 heteroatoms. The molecular formula is C18H20N4O3. The summed E-state index contributed by atoms with van der Waals surface area (Å²) in [4.78, 5) is 36.3. The Morgan fingerprint density at radius 2 is 1.92 bits per heavy atom. The van der Waals surface area contributed by atoms with E-state index >= 15 is 0 Å². The first-order valence-corrected chi connectivity index (χ1v) is 8.06. The Balaban J connectivity index is 1.91. The lowest BCUT2D eigenvalue weighted by Gasteiger charge is -2.41. The Bertz CT molecular complexity index is 749. The minimum absolute atomic E-state index is 0.00473. The number of nitrogens with zero attached hydrogens (tertiary/aromatic N) is 4. The quantitative estimate of drug-likeness (QED) is 0.847. The van der Waals surface area contributed by atoms with Crippen LogP contribution < -0.4 is 4.74 Å². The second-order valence-electron chi connectivity index (χ2n) is 5.84. The van der Waals surface area contributed by atoms with E-state index in [0.717, 1.165) is 11.3 Å². The van der Waals surface area contributed by atoms with Crippen molar-refractivity contribution in [3.63, 3.8) is 0 Å². The summed E-state index contributed by atoms with van der Waals surface area (Å²) in [5, 5.41) is 0. The minimum Gasteiger partial charge on any atom is -0.497 e. The van der Waals surface area contributed by atoms with E-state index in [4.69, 9.17) is 4.74 Å². The van der Waals surface area contributed by atoms with Gasteiger partial charge < -0.3 is 14.5 Å². The van der Waals surface area contributed by atoms with Gasteiger partial charge in [-0.25, -0.2) is 4.98 Å². The van der Waals surface area contributed by atoms with Crippen molar-refractivity contribution < 1.29 is 14.3 Å². The highest BCUT2D eigenvalue weighted by atomic mass is 16.5. The summed E-state index contributed by atoms with van der Waals surface area (Å²) in [5.74, 6) is 0.567. The van der Waals surface area contributed by atoms with Crippen LogP contribution in [-0.2, 0) is 4.79 Å². The average molecular weight is 340 g/mol. The summed E-state index contributed by atoms with van der Waals surface area (Å²) in [7, 11) is 1.61. The van der Waals surface area contributed by atoms with Crippen LogP contribution in [0.3, 0.4) is 0 Å². The van der Waals surface area contributed by atoms with Gasteiger partial charge in [-0.3, -0.25) is 14.6 Å². The lowest BCUT2D eigenvalue weighted by Crippen LogP contribution is -2.52. The fourth-order valence-corrected chi connectivity index (χ4v) is 2.98. The van der Waals surface area contributed by atoms with Crippen LogP contribution >= 0.6 is 0 Å². The number of ether oxygens (including phenoxy) is 1. The molecule has 2 heterocycles. The summed E-state index contributed by atoms with van der Waals surface area (Å²) in [6.07, 6.45) is 4.50. The topological polar surface area (TPSA) is 75.6 Å². The Labute approximate surface area is 146 Å². The molecule has 1 atom stereocenters. The van der Waals surface area contributed by atoms with Crippen molar-refractivity contribution in [2.45, 2.75) is 13.0 Å². The van der Waals surface area contributed by atoms with E-state index in [1.807, 2.05) is 24.3 Å². The van der Waals surface area contributed by atoms with Gasteiger partial charge in [-0.1, -0.05) is 12.1 Å². The first-order valence-electron chi connectivity index (χ1n) is 8.06. The lowest BCUT2D eigenvalue weighted by molar-refractivity contribution is -0.131. The zero-order valence-corrected chi connectivity index (χ0v) is 14.3. The lowest BCUT2D eigenvalue weighted by atomic mass is 10.0. The van der Waals surface area contributed by atoms with Crippen molar-refractivity contribution in [2.75, 3.05) is 26.7 Å². The van der Waals surface area contributed by atoms with E-state index in [9.17, 15) is 9.59 Å². The molecule has 130 valence electrons. The van der Waals surface area contributed by atoms with Crippen LogP contribution in [0.1, 0.15) is 29.0 Å². The van der Waals surface area contributed by atoms with Gasteiger partial charge in [0.2, 0.25) is 5.91 Å². The highest BCUT2D eigenvalue weighted by Gasteiger charge is 2.33. The molecule has 1 aliphatic heterocycles. The van der Waals surface area contributed by atoms with E-state index in [1.165, 1.54) is 18.6 Å². The van der Waals surface area contributed by atoms with Gasteiger partial charge in [-0.2, -0.15) is 0 Å². The summed E-state index contributed by atoms with van der Waals surface area (Å²) in [6.45, 7) is 2.96. The van der Waals surface area contributed by atoms with E-state index in [1.54, 1.807) is 23.8 Å². The normalized spacial score (nSPS) is 17.3. The van der Waals surface area contributed by atoms with Gasteiger partial charge in [-0.15, -0.1) is 0 Å². The van der Waals surface area contributed by atoms with Crippen molar-refractivity contribution in [2.24, 2.45) is 0 Å². The molecule has 1 saturated heterocycles. The molecule has 0 aliphatic carbocycles. The van der Waals surface area contributed by atoms with Crippen LogP contribution in [0.4, 0.5) is 0 Å². The van der Waals surface area contributed by atoms with Crippen LogP contribution in [0.2, 0.25) is 0 Å². The highest BCUT2D eigenvalue weighted by molar-refractivity contribution is 5.92. The molecule has 0 radical (unpaired) electrons. The van der Waals surface area contributed by atoms with Crippen LogP contribution in [0.25, 0.3) is 0 Å². The van der Waals surface area contributed by atoms with E-state index in [-0.39, 0.29) is 17.9 Å². The first-order chi connectivity index (χ1) is 12.1. The second kappa shape index (κ2) is 7.29. The van der Waals surface area contributed by atoms with Gasteiger partial charge in [-0.05, 0) is 17.7 Å². The van der Waals surface area contributed by atoms with Crippen LogP contribution in [-0.4, -0.2) is 58.3 Å². The van der Waals surface area contributed by atoms with Crippen LogP contribution in [0, 0.1) is 0 Å². The van der Waals surface area contributed by atoms with Gasteiger partial charge in [0.05, 0.1) is 19.3 Å². The summed E-state index contributed by atoms with van der Waals surface area (Å²) < 4.78 is 5.20. The Morgan fingerprint density at radius 3 is 2.52 bits per heavy atom. The third-order valence-corrected chi connectivity index (χ3v) is 4.37. The van der Waals surface area contributed by atoms with Crippen molar-refractivity contribution in [1.29, 1.82) is 0 Å². The molecule has 0 spiro atoms. The molecule has 1 aliphatic rings. The molecule has 0 N–H and O–H groups in total. The molecule has 1 aromatic heterocycles. The molecule has 0 saturated carbocycles. The number of piperazine rings is 1. The Hall–Kier alpha value is -2.96. The summed E-state index contributed by atoms with van der Waals surface area (Å²) in [6, 6.07) is 7.31. The maximum atomic E-state index is 12.9. The predicted molar refractivity (Wildman–Crippen MR) is 91.1 cm³/mol. The zero-order chi connectivity index (χ0) is 17.8. The first kappa shape index (κ1) is 16.9. The van der Waals surface area contributed by atoms with E-state index in [0.29, 0.717) is 25.3 Å². The number of amides is 2. The largest absolute Gasteiger partial charge is 0.497 e. The fourth-order valence-electron chi connectivity index (χ4n) is 2.98. The summed E-state index contributed by atoms with van der Waals surface area (Å²) in [5.41, 5.74) is 1.25. The number of carbonyl (C=O) groups excluding carboxylic acids is 2. The number of benzene rings is 1. The number of rotatable bonds is 3. The molecule has 3 rings (SSSR count). The van der Waals surface area contributed by atoms with E-state index in [2.05, 4.69) is 9.97 Å². The molecule has 1 aromatic carbocycles. The Morgan fingerprint density at radius 1 is 1.16 bits per heavy atom. The molecule has 1 unspecified atom stereocenters. The number of aromatic nitrogens is 2. The molecule has 0 bridgehead atoms. The Kier molecular flexibility index (Phi) is 4.92. The summed E-state index contributed by atoms with van der Waals surface area (Å²) >= 11 is 0. The van der Waals surface area contributed by atoms with Crippen molar-refractivity contribution >= 4 is 11.8 Å². The number of hydrogen-bond acceptors (Lipinski definition) is 5. The fraction of sp³-hybridized carbons (Fsp3) is 0.333. The predicted octanol–water partition coefficient (Wildman–Crippen LogP) is 1.53. The number of hydrogen-bond donors (Lipinski definition) is 0. The van der Waals surface area contributed by atoms with Gasteiger partial charge in [0.25, 0.3) is 5.91 Å².